The highest BCUT2D eigenvalue weighted by molar-refractivity contribution is 6.18. The molecule has 0 radical (unpaired) electrons. The van der Waals surface area contributed by atoms with Crippen molar-refractivity contribution in [3.8, 4) is 0 Å². The number of allylic oxidation sites excluding steroid dienone is 4. The Morgan fingerprint density at radius 2 is 1.95 bits per heavy atom. The Labute approximate surface area is 112 Å². The lowest BCUT2D eigenvalue weighted by Crippen LogP contribution is -2.34. The zero-order valence-corrected chi connectivity index (χ0v) is 10.0. The van der Waals surface area contributed by atoms with Crippen LogP contribution >= 0.6 is 0 Å². The van der Waals surface area contributed by atoms with Crippen LogP contribution in [0.25, 0.3) is 0 Å². The van der Waals surface area contributed by atoms with E-state index in [1.807, 2.05) is 0 Å². The molecule has 0 amide bonds. The number of rotatable bonds is 0. The molecule has 2 bridgehead atoms. The molecule has 5 aliphatic rings. The molecule has 2 aliphatic carbocycles. The van der Waals surface area contributed by atoms with E-state index < -0.39 is 23.6 Å². The molecule has 5 rings (SSSR count). The second-order valence-corrected chi connectivity index (χ2v) is 5.22. The maximum atomic E-state index is 11.9. The van der Waals surface area contributed by atoms with E-state index >= 15 is 0 Å². The molecule has 5 heteroatoms. The molecule has 0 aromatic carbocycles. The van der Waals surface area contributed by atoms with Gasteiger partial charge in [0.05, 0.1) is 11.1 Å². The largest absolute Gasteiger partial charge is 0.386 e. The number of ether oxygens (including phenoxy) is 2. The monoisotopic (exact) mass is 266 g/mol. The molecule has 0 fully saturated rings. The first kappa shape index (κ1) is 10.3. The molecule has 20 heavy (non-hydrogen) atoms. The van der Waals surface area contributed by atoms with Crippen LogP contribution in [0.15, 0.2) is 58.2 Å². The SMILES string of the molecule is O=C1C=CC2=CC34OC(C=C3C=C12)C1=C4C(=O)OC1=O. The molecule has 3 heterocycles. The van der Waals surface area contributed by atoms with Gasteiger partial charge in [0.25, 0.3) is 0 Å². The lowest BCUT2D eigenvalue weighted by Gasteiger charge is -2.29. The third-order valence-electron chi connectivity index (χ3n) is 4.26. The zero-order chi connectivity index (χ0) is 13.6. The zero-order valence-electron chi connectivity index (χ0n) is 10.0. The van der Waals surface area contributed by atoms with E-state index in [0.29, 0.717) is 16.7 Å². The predicted octanol–water partition coefficient (Wildman–Crippen LogP) is 0.449. The van der Waals surface area contributed by atoms with Crippen molar-refractivity contribution in [3.63, 3.8) is 0 Å². The summed E-state index contributed by atoms with van der Waals surface area (Å²) < 4.78 is 10.5. The number of carbonyl (C=O) groups is 3. The summed E-state index contributed by atoms with van der Waals surface area (Å²) in [6, 6.07) is 0. The van der Waals surface area contributed by atoms with Gasteiger partial charge in [-0.2, -0.15) is 0 Å². The maximum Gasteiger partial charge on any atom is 0.346 e. The number of hydrogen-bond donors (Lipinski definition) is 0. The summed E-state index contributed by atoms with van der Waals surface area (Å²) in [5.41, 5.74) is 1.54. The molecule has 96 valence electrons. The number of ketones is 1. The summed E-state index contributed by atoms with van der Waals surface area (Å²) in [6.45, 7) is 0. The van der Waals surface area contributed by atoms with Crippen LogP contribution in [0.1, 0.15) is 0 Å². The van der Waals surface area contributed by atoms with Crippen molar-refractivity contribution in [3.05, 3.63) is 58.2 Å². The van der Waals surface area contributed by atoms with E-state index in [4.69, 9.17) is 4.74 Å². The number of carbonyl (C=O) groups excluding carboxylic acids is 3. The smallest absolute Gasteiger partial charge is 0.346 e. The number of cyclic esters (lactones) is 2. The average molecular weight is 266 g/mol. The van der Waals surface area contributed by atoms with Gasteiger partial charge in [-0.15, -0.1) is 0 Å². The highest BCUT2D eigenvalue weighted by Gasteiger charge is 2.61. The van der Waals surface area contributed by atoms with Crippen LogP contribution in [0, 0.1) is 0 Å². The van der Waals surface area contributed by atoms with Crippen molar-refractivity contribution >= 4 is 17.7 Å². The Morgan fingerprint density at radius 1 is 1.10 bits per heavy atom. The number of fused-ring (bicyclic) bond motifs is 3. The van der Waals surface area contributed by atoms with Crippen LogP contribution < -0.4 is 0 Å². The van der Waals surface area contributed by atoms with Crippen molar-refractivity contribution in [2.45, 2.75) is 11.7 Å². The van der Waals surface area contributed by atoms with Gasteiger partial charge in [-0.1, -0.05) is 6.08 Å². The van der Waals surface area contributed by atoms with Crippen molar-refractivity contribution < 1.29 is 23.9 Å². The lowest BCUT2D eigenvalue weighted by atomic mass is 9.76. The van der Waals surface area contributed by atoms with E-state index in [9.17, 15) is 14.4 Å². The minimum Gasteiger partial charge on any atom is -0.386 e. The van der Waals surface area contributed by atoms with Crippen LogP contribution in [-0.2, 0) is 23.9 Å². The molecule has 0 aromatic rings. The van der Waals surface area contributed by atoms with Crippen molar-refractivity contribution in [2.24, 2.45) is 0 Å². The van der Waals surface area contributed by atoms with E-state index in [2.05, 4.69) is 4.74 Å². The van der Waals surface area contributed by atoms with Gasteiger partial charge in [0, 0.05) is 5.57 Å². The first-order valence-electron chi connectivity index (χ1n) is 6.19. The van der Waals surface area contributed by atoms with E-state index in [0.717, 1.165) is 5.57 Å². The fourth-order valence-corrected chi connectivity index (χ4v) is 3.43. The minimum atomic E-state index is -1.06. The van der Waals surface area contributed by atoms with E-state index in [1.54, 1.807) is 24.3 Å². The molecule has 2 atom stereocenters. The summed E-state index contributed by atoms with van der Waals surface area (Å²) in [6.07, 6.45) is 7.85. The molecule has 0 aromatic heterocycles. The predicted molar refractivity (Wildman–Crippen MR) is 64.1 cm³/mol. The highest BCUT2D eigenvalue weighted by atomic mass is 16.6. The van der Waals surface area contributed by atoms with Gasteiger partial charge in [0.15, 0.2) is 5.78 Å². The maximum absolute atomic E-state index is 11.9. The van der Waals surface area contributed by atoms with E-state index in [-0.39, 0.29) is 11.4 Å². The van der Waals surface area contributed by atoms with Gasteiger partial charge in [0.1, 0.15) is 11.7 Å². The fourth-order valence-electron chi connectivity index (χ4n) is 3.43. The third kappa shape index (κ3) is 0.886. The van der Waals surface area contributed by atoms with Crippen molar-refractivity contribution in [2.75, 3.05) is 0 Å². The van der Waals surface area contributed by atoms with Gasteiger partial charge in [-0.05, 0) is 35.5 Å². The molecule has 2 unspecified atom stereocenters. The third-order valence-corrected chi connectivity index (χ3v) is 4.26. The summed E-state index contributed by atoms with van der Waals surface area (Å²) in [4.78, 5) is 35.3. The fraction of sp³-hybridized carbons (Fsp3) is 0.133. The Balaban J connectivity index is 1.79. The van der Waals surface area contributed by atoms with Gasteiger partial charge < -0.3 is 9.47 Å². The summed E-state index contributed by atoms with van der Waals surface area (Å²) >= 11 is 0. The minimum absolute atomic E-state index is 0.0611. The normalized spacial score (nSPS) is 35.7. The Hall–Kier alpha value is -2.53. The summed E-state index contributed by atoms with van der Waals surface area (Å²) in [5.74, 6) is -1.34. The van der Waals surface area contributed by atoms with Gasteiger partial charge in [-0.25, -0.2) is 9.59 Å². The molecule has 3 aliphatic heterocycles. The van der Waals surface area contributed by atoms with Gasteiger partial charge in [0.2, 0.25) is 0 Å². The quantitative estimate of drug-likeness (QED) is 0.470. The standard InChI is InChI=1S/C15H6O5/c16-9-2-1-6-5-15-7(3-8(6)9)4-10(20-15)11-12(15)14(18)19-13(11)17/h1-5,10H. The average Bonchev–Trinajstić information content (AvgIpc) is 3.09. The van der Waals surface area contributed by atoms with Gasteiger partial charge >= 0.3 is 11.9 Å². The Kier molecular flexibility index (Phi) is 1.44. The second kappa shape index (κ2) is 2.81. The van der Waals surface area contributed by atoms with Crippen LogP contribution in [-0.4, -0.2) is 29.4 Å². The molecular weight excluding hydrogens is 260 g/mol. The van der Waals surface area contributed by atoms with Crippen LogP contribution in [0.5, 0.6) is 0 Å². The van der Waals surface area contributed by atoms with Crippen LogP contribution in [0.2, 0.25) is 0 Å². The Bertz CT molecular complexity index is 817. The summed E-state index contributed by atoms with van der Waals surface area (Å²) in [5, 5.41) is 0. The molecule has 0 saturated carbocycles. The summed E-state index contributed by atoms with van der Waals surface area (Å²) in [7, 11) is 0. The molecule has 1 spiro atoms. The first-order chi connectivity index (χ1) is 9.60. The Morgan fingerprint density at radius 3 is 2.80 bits per heavy atom. The number of esters is 2. The first-order valence-corrected chi connectivity index (χ1v) is 6.19. The molecule has 0 N–H and O–H groups in total. The molecule has 0 saturated heterocycles. The molecular formula is C15H6O5. The topological polar surface area (TPSA) is 69.7 Å². The lowest BCUT2D eigenvalue weighted by molar-refractivity contribution is -0.153. The molecule has 5 nitrogen and oxygen atoms in total. The number of hydrogen-bond acceptors (Lipinski definition) is 5. The van der Waals surface area contributed by atoms with E-state index in [1.165, 1.54) is 6.08 Å². The van der Waals surface area contributed by atoms with Gasteiger partial charge in [-0.3, -0.25) is 4.79 Å². The van der Waals surface area contributed by atoms with Crippen molar-refractivity contribution in [1.82, 2.24) is 0 Å². The van der Waals surface area contributed by atoms with Crippen LogP contribution in [0.3, 0.4) is 0 Å². The second-order valence-electron chi connectivity index (χ2n) is 5.22. The van der Waals surface area contributed by atoms with Crippen LogP contribution in [0.4, 0.5) is 0 Å². The van der Waals surface area contributed by atoms with Crippen molar-refractivity contribution in [1.29, 1.82) is 0 Å². The highest BCUT2D eigenvalue weighted by Crippen LogP contribution is 2.54.